The molecule has 2 aliphatic heterocycles. The van der Waals surface area contributed by atoms with E-state index in [1.54, 1.807) is 0 Å². The Morgan fingerprint density at radius 1 is 1.11 bits per heavy atom. The maximum atomic E-state index is 11.3. The Balaban J connectivity index is 1.18. The predicted octanol–water partition coefficient (Wildman–Crippen LogP) is 2.65. The average molecular weight is 389 g/mol. The fraction of sp³-hybridized carbons (Fsp3) is 0.682. The molecule has 1 amide bonds. The summed E-state index contributed by atoms with van der Waals surface area (Å²) in [6, 6.07) is 6.52. The number of hydrogen-bond donors (Lipinski definition) is 2. The van der Waals surface area contributed by atoms with Gasteiger partial charge in [-0.2, -0.15) is 0 Å². The lowest BCUT2D eigenvalue weighted by Gasteiger charge is -2.34. The summed E-state index contributed by atoms with van der Waals surface area (Å²) in [5.74, 6) is 2.95. The Labute approximate surface area is 167 Å². The van der Waals surface area contributed by atoms with E-state index in [1.165, 1.54) is 44.2 Å². The zero-order valence-corrected chi connectivity index (χ0v) is 16.6. The van der Waals surface area contributed by atoms with Crippen LogP contribution in [0.4, 0.5) is 0 Å². The smallest absolute Gasteiger partial charge is 0.245 e. The molecule has 2 fully saturated rings. The first-order valence-electron chi connectivity index (χ1n) is 10.7. The van der Waals surface area contributed by atoms with Gasteiger partial charge >= 0.3 is 0 Å². The number of nitrogens with zero attached hydrogens (tertiary/aromatic N) is 1. The van der Waals surface area contributed by atoms with E-state index in [9.17, 15) is 4.79 Å². The van der Waals surface area contributed by atoms with E-state index >= 15 is 0 Å². The van der Waals surface area contributed by atoms with Crippen molar-refractivity contribution in [2.75, 3.05) is 33.0 Å². The second-order valence-electron chi connectivity index (χ2n) is 8.43. The number of carbonyl (C=O) groups is 1. The van der Waals surface area contributed by atoms with Gasteiger partial charge in [0.2, 0.25) is 12.7 Å². The summed E-state index contributed by atoms with van der Waals surface area (Å²) in [7, 11) is 0. The van der Waals surface area contributed by atoms with Crippen LogP contribution in [0.25, 0.3) is 0 Å². The van der Waals surface area contributed by atoms with Crippen molar-refractivity contribution in [2.45, 2.75) is 56.9 Å². The summed E-state index contributed by atoms with van der Waals surface area (Å²) in [5, 5.41) is 11.8. The van der Waals surface area contributed by atoms with E-state index in [-0.39, 0.29) is 11.9 Å². The van der Waals surface area contributed by atoms with Gasteiger partial charge in [-0.3, -0.25) is 4.79 Å². The minimum Gasteiger partial charge on any atom is -0.454 e. The molecule has 6 nitrogen and oxygen atoms in total. The second-order valence-corrected chi connectivity index (χ2v) is 8.43. The number of rotatable bonds is 6. The van der Waals surface area contributed by atoms with E-state index in [2.05, 4.69) is 22.3 Å². The van der Waals surface area contributed by atoms with Gasteiger partial charge in [0.15, 0.2) is 11.5 Å². The number of amides is 1. The molecule has 0 atom stereocenters. The molecule has 2 heterocycles. The Kier molecular flexibility index (Phi) is 6.37. The zero-order chi connectivity index (χ0) is 19.3. The number of carbonyl (C=O) groups excluding carboxylic acids is 1. The molecule has 0 radical (unpaired) electrons. The van der Waals surface area contributed by atoms with E-state index in [0.29, 0.717) is 12.7 Å². The lowest BCUT2D eigenvalue weighted by atomic mass is 9.83. The number of likely N-dealkylation sites (tertiary alicyclic amines) is 1. The fourth-order valence-electron chi connectivity index (χ4n) is 4.98. The van der Waals surface area contributed by atoms with Crippen LogP contribution in [0.5, 0.6) is 11.5 Å². The van der Waals surface area contributed by atoms with Gasteiger partial charge in [0.25, 0.3) is 0 Å². The SMILES string of the molecule is O=C(CO)N[C@H]1CC[C@H](CCN2CCC(c3cccc4c3OCO4)CC2)CC1. The maximum absolute atomic E-state index is 11.3. The van der Waals surface area contributed by atoms with Gasteiger partial charge in [0.05, 0.1) is 0 Å². The van der Waals surface area contributed by atoms with Gasteiger partial charge in [-0.15, -0.1) is 0 Å². The lowest BCUT2D eigenvalue weighted by Crippen LogP contribution is -2.39. The first kappa shape index (κ1) is 19.5. The van der Waals surface area contributed by atoms with Crippen molar-refractivity contribution in [2.24, 2.45) is 5.92 Å². The van der Waals surface area contributed by atoms with Crippen molar-refractivity contribution < 1.29 is 19.4 Å². The number of nitrogens with one attached hydrogen (secondary N) is 1. The highest BCUT2D eigenvalue weighted by Gasteiger charge is 2.28. The summed E-state index contributed by atoms with van der Waals surface area (Å²) in [5.41, 5.74) is 1.32. The normalized spacial score (nSPS) is 25.6. The van der Waals surface area contributed by atoms with Crippen molar-refractivity contribution in [1.29, 1.82) is 0 Å². The van der Waals surface area contributed by atoms with Gasteiger partial charge in [0.1, 0.15) is 6.61 Å². The molecular formula is C22H32N2O4. The topological polar surface area (TPSA) is 71.0 Å². The molecule has 2 N–H and O–H groups in total. The van der Waals surface area contributed by atoms with Crippen LogP contribution < -0.4 is 14.8 Å². The summed E-state index contributed by atoms with van der Waals surface area (Å²) in [6.07, 6.45) is 8.06. The van der Waals surface area contributed by atoms with Crippen molar-refractivity contribution in [3.63, 3.8) is 0 Å². The van der Waals surface area contributed by atoms with Gasteiger partial charge < -0.3 is 24.8 Å². The first-order valence-corrected chi connectivity index (χ1v) is 10.7. The Morgan fingerprint density at radius 2 is 1.89 bits per heavy atom. The number of hydrogen-bond acceptors (Lipinski definition) is 5. The van der Waals surface area contributed by atoms with Crippen LogP contribution in [-0.2, 0) is 4.79 Å². The number of aliphatic hydroxyl groups is 1. The second kappa shape index (κ2) is 9.14. The van der Waals surface area contributed by atoms with Gasteiger partial charge in [0, 0.05) is 11.6 Å². The lowest BCUT2D eigenvalue weighted by molar-refractivity contribution is -0.124. The highest BCUT2D eigenvalue weighted by molar-refractivity contribution is 5.77. The molecule has 0 unspecified atom stereocenters. The van der Waals surface area contributed by atoms with Crippen LogP contribution >= 0.6 is 0 Å². The largest absolute Gasteiger partial charge is 0.454 e. The van der Waals surface area contributed by atoms with Crippen LogP contribution in [0.3, 0.4) is 0 Å². The number of ether oxygens (including phenoxy) is 2. The molecule has 1 saturated carbocycles. The van der Waals surface area contributed by atoms with Gasteiger partial charge in [-0.1, -0.05) is 12.1 Å². The van der Waals surface area contributed by atoms with Crippen LogP contribution in [0.2, 0.25) is 0 Å². The Bertz CT molecular complexity index is 665. The summed E-state index contributed by atoms with van der Waals surface area (Å²) in [4.78, 5) is 13.9. The molecule has 1 saturated heterocycles. The molecule has 6 heteroatoms. The quantitative estimate of drug-likeness (QED) is 0.784. The molecule has 0 aromatic heterocycles. The third-order valence-corrected chi connectivity index (χ3v) is 6.66. The molecule has 1 aromatic rings. The van der Waals surface area contributed by atoms with Gasteiger partial charge in [-0.05, 0) is 82.5 Å². The number of para-hydroxylation sites is 1. The van der Waals surface area contributed by atoms with Crippen LogP contribution in [0.15, 0.2) is 18.2 Å². The zero-order valence-electron chi connectivity index (χ0n) is 16.6. The number of aliphatic hydroxyl groups excluding tert-OH is 1. The first-order chi connectivity index (χ1) is 13.7. The Morgan fingerprint density at radius 3 is 2.64 bits per heavy atom. The standard InChI is InChI=1S/C22H32N2O4/c25-14-21(26)23-18-6-4-16(5-7-18)8-11-24-12-9-17(10-13-24)19-2-1-3-20-22(19)28-15-27-20/h1-3,16-18,25H,4-15H2,(H,23,26)/t16-,18-. The minimum absolute atomic E-state index is 0.243. The molecule has 28 heavy (non-hydrogen) atoms. The summed E-state index contributed by atoms with van der Waals surface area (Å²) in [6.45, 7) is 3.42. The fourth-order valence-corrected chi connectivity index (χ4v) is 4.98. The predicted molar refractivity (Wildman–Crippen MR) is 107 cm³/mol. The molecular weight excluding hydrogens is 356 g/mol. The molecule has 4 rings (SSSR count). The number of piperidine rings is 1. The summed E-state index contributed by atoms with van der Waals surface area (Å²) < 4.78 is 11.2. The van der Waals surface area contributed by atoms with Crippen LogP contribution in [-0.4, -0.2) is 55.0 Å². The number of fused-ring (bicyclic) bond motifs is 1. The third-order valence-electron chi connectivity index (χ3n) is 6.66. The monoisotopic (exact) mass is 388 g/mol. The maximum Gasteiger partial charge on any atom is 0.245 e. The molecule has 1 aromatic carbocycles. The van der Waals surface area contributed by atoms with Crippen LogP contribution in [0, 0.1) is 5.92 Å². The van der Waals surface area contributed by atoms with Crippen molar-refractivity contribution in [3.8, 4) is 11.5 Å². The van der Waals surface area contributed by atoms with E-state index in [1.807, 2.05) is 6.07 Å². The van der Waals surface area contributed by atoms with E-state index in [0.717, 1.165) is 43.3 Å². The highest BCUT2D eigenvalue weighted by atomic mass is 16.7. The molecule has 0 spiro atoms. The molecule has 0 bridgehead atoms. The van der Waals surface area contributed by atoms with Crippen molar-refractivity contribution in [3.05, 3.63) is 23.8 Å². The summed E-state index contributed by atoms with van der Waals surface area (Å²) >= 11 is 0. The van der Waals surface area contributed by atoms with Crippen LogP contribution in [0.1, 0.15) is 56.4 Å². The molecule has 3 aliphatic rings. The van der Waals surface area contributed by atoms with E-state index < -0.39 is 6.61 Å². The van der Waals surface area contributed by atoms with Crippen molar-refractivity contribution >= 4 is 5.91 Å². The third kappa shape index (κ3) is 4.61. The molecule has 154 valence electrons. The van der Waals surface area contributed by atoms with E-state index in [4.69, 9.17) is 14.6 Å². The minimum atomic E-state index is -0.402. The molecule has 1 aliphatic carbocycles. The van der Waals surface area contributed by atoms with Gasteiger partial charge in [-0.25, -0.2) is 0 Å². The number of benzene rings is 1. The highest BCUT2D eigenvalue weighted by Crippen LogP contribution is 2.42. The Hall–Kier alpha value is -1.79. The average Bonchev–Trinajstić information content (AvgIpc) is 3.22. The van der Waals surface area contributed by atoms with Crippen molar-refractivity contribution in [1.82, 2.24) is 10.2 Å².